The number of ether oxygens (including phenoxy) is 1. The third kappa shape index (κ3) is 4.31. The molecule has 0 spiro atoms. The number of carbonyl (C=O) groups is 1. The highest BCUT2D eigenvalue weighted by Gasteiger charge is 2.11. The summed E-state index contributed by atoms with van der Waals surface area (Å²) in [5.74, 6) is 0. The van der Waals surface area contributed by atoms with Crippen LogP contribution in [0.15, 0.2) is 54.6 Å². The van der Waals surface area contributed by atoms with Crippen LogP contribution in [0.1, 0.15) is 11.1 Å². The first-order valence-corrected chi connectivity index (χ1v) is 6.71. The number of rotatable bonds is 5. The Labute approximate surface area is 128 Å². The molecule has 114 valence electrons. The third-order valence-corrected chi connectivity index (χ3v) is 3.08. The van der Waals surface area contributed by atoms with Gasteiger partial charge in [-0.3, -0.25) is 10.1 Å². The fraction of sp³-hybridized carbons (Fsp3) is 0.188. The zero-order chi connectivity index (χ0) is 15.9. The van der Waals surface area contributed by atoms with Crippen molar-refractivity contribution in [3.05, 3.63) is 75.8 Å². The second-order valence-corrected chi connectivity index (χ2v) is 4.82. The normalized spacial score (nSPS) is 10.0. The molecule has 6 heteroatoms. The van der Waals surface area contributed by atoms with Gasteiger partial charge in [-0.25, -0.2) is 4.79 Å². The summed E-state index contributed by atoms with van der Waals surface area (Å²) in [4.78, 5) is 23.5. The van der Waals surface area contributed by atoms with E-state index >= 15 is 0 Å². The van der Waals surface area contributed by atoms with Gasteiger partial charge in [-0.2, -0.15) is 0 Å². The number of nitrogens with zero attached hydrogens (tertiary/aromatic N) is 2. The minimum absolute atomic E-state index is 0.0104. The molecule has 0 atom stereocenters. The van der Waals surface area contributed by atoms with Gasteiger partial charge in [-0.05, 0) is 23.3 Å². The van der Waals surface area contributed by atoms with Crippen LogP contribution in [-0.4, -0.2) is 23.0 Å². The highest BCUT2D eigenvalue weighted by Crippen LogP contribution is 2.13. The first-order valence-electron chi connectivity index (χ1n) is 6.71. The number of non-ortho nitro benzene ring substituents is 1. The van der Waals surface area contributed by atoms with Crippen LogP contribution in [0.3, 0.4) is 0 Å². The highest BCUT2D eigenvalue weighted by molar-refractivity contribution is 5.67. The first-order chi connectivity index (χ1) is 10.6. The molecule has 0 heterocycles. The maximum atomic E-state index is 11.9. The van der Waals surface area contributed by atoms with Crippen molar-refractivity contribution >= 4 is 11.8 Å². The molecule has 0 aromatic heterocycles. The van der Waals surface area contributed by atoms with Crippen molar-refractivity contribution in [1.29, 1.82) is 0 Å². The van der Waals surface area contributed by atoms with E-state index in [2.05, 4.69) is 0 Å². The van der Waals surface area contributed by atoms with Crippen LogP contribution < -0.4 is 0 Å². The van der Waals surface area contributed by atoms with Gasteiger partial charge in [0, 0.05) is 25.7 Å². The summed E-state index contributed by atoms with van der Waals surface area (Å²) < 4.78 is 5.18. The average molecular weight is 300 g/mol. The van der Waals surface area contributed by atoms with Crippen LogP contribution in [-0.2, 0) is 17.9 Å². The Balaban J connectivity index is 1.85. The summed E-state index contributed by atoms with van der Waals surface area (Å²) in [7, 11) is 1.66. The second kappa shape index (κ2) is 7.21. The lowest BCUT2D eigenvalue weighted by Gasteiger charge is -2.17. The second-order valence-electron chi connectivity index (χ2n) is 4.82. The van der Waals surface area contributed by atoms with Crippen molar-refractivity contribution in [2.24, 2.45) is 0 Å². The van der Waals surface area contributed by atoms with Crippen molar-refractivity contribution in [3.63, 3.8) is 0 Å². The molecular weight excluding hydrogens is 284 g/mol. The van der Waals surface area contributed by atoms with E-state index < -0.39 is 11.0 Å². The van der Waals surface area contributed by atoms with Crippen LogP contribution in [0.25, 0.3) is 0 Å². The number of nitro groups is 1. The van der Waals surface area contributed by atoms with Crippen LogP contribution in [0, 0.1) is 10.1 Å². The molecule has 0 aliphatic heterocycles. The van der Waals surface area contributed by atoms with E-state index in [4.69, 9.17) is 4.74 Å². The fourth-order valence-corrected chi connectivity index (χ4v) is 1.89. The monoisotopic (exact) mass is 300 g/mol. The molecule has 22 heavy (non-hydrogen) atoms. The summed E-state index contributed by atoms with van der Waals surface area (Å²) in [5, 5.41) is 10.6. The van der Waals surface area contributed by atoms with Gasteiger partial charge < -0.3 is 9.64 Å². The molecule has 0 bridgehead atoms. The van der Waals surface area contributed by atoms with Crippen LogP contribution in [0.4, 0.5) is 10.5 Å². The Morgan fingerprint density at radius 2 is 1.73 bits per heavy atom. The number of hydrogen-bond donors (Lipinski definition) is 0. The molecule has 6 nitrogen and oxygen atoms in total. The summed E-state index contributed by atoms with van der Waals surface area (Å²) in [6.45, 7) is 0.538. The zero-order valence-electron chi connectivity index (χ0n) is 12.1. The molecule has 0 saturated carbocycles. The fourth-order valence-electron chi connectivity index (χ4n) is 1.89. The minimum Gasteiger partial charge on any atom is -0.445 e. The number of benzene rings is 2. The van der Waals surface area contributed by atoms with Crippen molar-refractivity contribution in [2.75, 3.05) is 7.05 Å². The van der Waals surface area contributed by atoms with E-state index in [0.717, 1.165) is 5.56 Å². The molecule has 0 N–H and O–H groups in total. The number of hydrogen-bond acceptors (Lipinski definition) is 4. The lowest BCUT2D eigenvalue weighted by Crippen LogP contribution is -2.26. The number of amides is 1. The summed E-state index contributed by atoms with van der Waals surface area (Å²) >= 11 is 0. The van der Waals surface area contributed by atoms with Crippen molar-refractivity contribution in [2.45, 2.75) is 13.2 Å². The van der Waals surface area contributed by atoms with Gasteiger partial charge in [0.25, 0.3) is 5.69 Å². The molecule has 2 aromatic rings. The van der Waals surface area contributed by atoms with Crippen LogP contribution in [0.2, 0.25) is 0 Å². The van der Waals surface area contributed by atoms with Gasteiger partial charge in [0.2, 0.25) is 0 Å². The maximum Gasteiger partial charge on any atom is 0.410 e. The van der Waals surface area contributed by atoms with E-state index in [9.17, 15) is 14.9 Å². The van der Waals surface area contributed by atoms with E-state index in [1.54, 1.807) is 19.2 Å². The van der Waals surface area contributed by atoms with Gasteiger partial charge in [-0.1, -0.05) is 30.3 Å². The number of nitro benzene ring substituents is 1. The first kappa shape index (κ1) is 15.5. The topological polar surface area (TPSA) is 72.7 Å². The molecule has 0 fully saturated rings. The Morgan fingerprint density at radius 3 is 2.32 bits per heavy atom. The van der Waals surface area contributed by atoms with E-state index in [0.29, 0.717) is 12.1 Å². The van der Waals surface area contributed by atoms with E-state index in [-0.39, 0.29) is 12.3 Å². The minimum atomic E-state index is -0.469. The molecule has 1 amide bonds. The SMILES string of the molecule is CN(Cc1ccccc1)C(=O)OCc1ccc([N+](=O)[O-])cc1. The van der Waals surface area contributed by atoms with Gasteiger partial charge in [0.05, 0.1) is 4.92 Å². The molecule has 0 aliphatic carbocycles. The summed E-state index contributed by atoms with van der Waals surface area (Å²) in [6, 6.07) is 15.5. The quantitative estimate of drug-likeness (QED) is 0.627. The Bertz CT molecular complexity index is 641. The number of carbonyl (C=O) groups excluding carboxylic acids is 1. The van der Waals surface area contributed by atoms with Crippen molar-refractivity contribution < 1.29 is 14.5 Å². The molecule has 0 saturated heterocycles. The lowest BCUT2D eigenvalue weighted by atomic mass is 10.2. The molecular formula is C16H16N2O4. The van der Waals surface area contributed by atoms with E-state index in [1.165, 1.54) is 17.0 Å². The maximum absolute atomic E-state index is 11.9. The van der Waals surface area contributed by atoms with Crippen LogP contribution >= 0.6 is 0 Å². The highest BCUT2D eigenvalue weighted by atomic mass is 16.6. The van der Waals surface area contributed by atoms with Crippen molar-refractivity contribution in [1.82, 2.24) is 4.90 Å². The molecule has 0 aliphatic rings. The van der Waals surface area contributed by atoms with Crippen molar-refractivity contribution in [3.8, 4) is 0 Å². The Morgan fingerprint density at radius 1 is 1.09 bits per heavy atom. The predicted octanol–water partition coefficient (Wildman–Crippen LogP) is 3.36. The zero-order valence-corrected chi connectivity index (χ0v) is 12.1. The lowest BCUT2D eigenvalue weighted by molar-refractivity contribution is -0.384. The molecule has 2 aromatic carbocycles. The standard InChI is InChI=1S/C16H16N2O4/c1-17(11-13-5-3-2-4-6-13)16(19)22-12-14-7-9-15(10-8-14)18(20)21/h2-10H,11-12H2,1H3. The predicted molar refractivity (Wildman–Crippen MR) is 81.2 cm³/mol. The smallest absolute Gasteiger partial charge is 0.410 e. The van der Waals surface area contributed by atoms with Gasteiger partial charge in [0.15, 0.2) is 0 Å². The average Bonchev–Trinajstić information content (AvgIpc) is 2.53. The van der Waals surface area contributed by atoms with Gasteiger partial charge in [-0.15, -0.1) is 0 Å². The summed E-state index contributed by atoms with van der Waals surface area (Å²) in [6.07, 6.45) is -0.442. The Kier molecular flexibility index (Phi) is 5.08. The van der Waals surface area contributed by atoms with Gasteiger partial charge in [0.1, 0.15) is 6.61 Å². The summed E-state index contributed by atoms with van der Waals surface area (Å²) in [5.41, 5.74) is 1.72. The van der Waals surface area contributed by atoms with Gasteiger partial charge >= 0.3 is 6.09 Å². The molecule has 0 unspecified atom stereocenters. The Hall–Kier alpha value is -2.89. The third-order valence-electron chi connectivity index (χ3n) is 3.08. The molecule has 0 radical (unpaired) electrons. The largest absolute Gasteiger partial charge is 0.445 e. The van der Waals surface area contributed by atoms with E-state index in [1.807, 2.05) is 30.3 Å². The molecule has 2 rings (SSSR count). The van der Waals surface area contributed by atoms with Crippen LogP contribution in [0.5, 0.6) is 0 Å².